The first-order valence-electron chi connectivity index (χ1n) is 7.53. The smallest absolute Gasteiger partial charge is 0.339 e. The van der Waals surface area contributed by atoms with E-state index in [4.69, 9.17) is 4.74 Å². The SMILES string of the molecule is CCNC(=O)NC(=O)COC(=O)c1cc(C)nc2ccc(C)cc12. The summed E-state index contributed by atoms with van der Waals surface area (Å²) in [4.78, 5) is 39.5. The first kappa shape index (κ1) is 17.4. The Morgan fingerprint density at radius 1 is 1.17 bits per heavy atom. The number of imide groups is 1. The molecule has 2 N–H and O–H groups in total. The molecule has 0 spiro atoms. The first-order valence-corrected chi connectivity index (χ1v) is 7.53. The van der Waals surface area contributed by atoms with Crippen LogP contribution >= 0.6 is 0 Å². The van der Waals surface area contributed by atoms with Crippen LogP contribution in [0.5, 0.6) is 0 Å². The fraction of sp³-hybridized carbons (Fsp3) is 0.294. The highest BCUT2D eigenvalue weighted by molar-refractivity contribution is 6.04. The maximum absolute atomic E-state index is 12.3. The van der Waals surface area contributed by atoms with Crippen LogP contribution in [0.25, 0.3) is 10.9 Å². The van der Waals surface area contributed by atoms with Gasteiger partial charge in [-0.15, -0.1) is 0 Å². The molecule has 2 rings (SSSR count). The molecular weight excluding hydrogens is 310 g/mol. The molecule has 7 nitrogen and oxygen atoms in total. The van der Waals surface area contributed by atoms with E-state index in [-0.39, 0.29) is 0 Å². The third-order valence-corrected chi connectivity index (χ3v) is 3.24. The van der Waals surface area contributed by atoms with Crippen LogP contribution in [0.2, 0.25) is 0 Å². The number of hydrogen-bond acceptors (Lipinski definition) is 5. The number of amides is 3. The van der Waals surface area contributed by atoms with Crippen molar-refractivity contribution in [3.63, 3.8) is 0 Å². The van der Waals surface area contributed by atoms with Gasteiger partial charge in [0.15, 0.2) is 6.61 Å². The molecule has 0 aliphatic carbocycles. The van der Waals surface area contributed by atoms with E-state index < -0.39 is 24.5 Å². The fourth-order valence-corrected chi connectivity index (χ4v) is 2.22. The van der Waals surface area contributed by atoms with Gasteiger partial charge < -0.3 is 10.1 Å². The Hall–Kier alpha value is -2.96. The van der Waals surface area contributed by atoms with Gasteiger partial charge in [0.25, 0.3) is 5.91 Å². The number of aromatic nitrogens is 1. The second-order valence-corrected chi connectivity index (χ2v) is 5.32. The number of carbonyl (C=O) groups is 3. The summed E-state index contributed by atoms with van der Waals surface area (Å²) in [5, 5.41) is 5.14. The molecule has 0 unspecified atom stereocenters. The molecule has 2 aromatic rings. The molecule has 3 amide bonds. The summed E-state index contributed by atoms with van der Waals surface area (Å²) in [5.74, 6) is -1.33. The van der Waals surface area contributed by atoms with E-state index >= 15 is 0 Å². The fourth-order valence-electron chi connectivity index (χ4n) is 2.22. The molecule has 1 heterocycles. The number of benzene rings is 1. The van der Waals surface area contributed by atoms with E-state index in [1.54, 1.807) is 19.9 Å². The lowest BCUT2D eigenvalue weighted by atomic mass is 10.1. The Balaban J connectivity index is 2.12. The van der Waals surface area contributed by atoms with E-state index in [9.17, 15) is 14.4 Å². The van der Waals surface area contributed by atoms with Crippen LogP contribution in [0.15, 0.2) is 24.3 Å². The molecular formula is C17H19N3O4. The Morgan fingerprint density at radius 3 is 2.62 bits per heavy atom. The van der Waals surface area contributed by atoms with Crippen LogP contribution in [0.1, 0.15) is 28.5 Å². The summed E-state index contributed by atoms with van der Waals surface area (Å²) in [5.41, 5.74) is 2.67. The van der Waals surface area contributed by atoms with Gasteiger partial charge in [-0.1, -0.05) is 11.6 Å². The summed E-state index contributed by atoms with van der Waals surface area (Å²) in [6.45, 7) is 5.26. The molecule has 0 saturated heterocycles. The lowest BCUT2D eigenvalue weighted by molar-refractivity contribution is -0.123. The summed E-state index contributed by atoms with van der Waals surface area (Å²) in [6.07, 6.45) is 0. The Bertz CT molecular complexity index is 802. The molecule has 0 radical (unpaired) electrons. The van der Waals surface area contributed by atoms with Gasteiger partial charge in [-0.25, -0.2) is 9.59 Å². The number of esters is 1. The number of hydrogen-bond donors (Lipinski definition) is 2. The minimum absolute atomic E-state index is 0.340. The number of nitrogens with zero attached hydrogens (tertiary/aromatic N) is 1. The molecule has 1 aromatic carbocycles. The molecule has 0 saturated carbocycles. The number of fused-ring (bicyclic) bond motifs is 1. The first-order chi connectivity index (χ1) is 11.4. The number of carbonyl (C=O) groups excluding carboxylic acids is 3. The molecule has 0 aliphatic rings. The van der Waals surface area contributed by atoms with E-state index in [0.29, 0.717) is 28.7 Å². The van der Waals surface area contributed by atoms with Crippen LogP contribution in [0.4, 0.5) is 4.79 Å². The van der Waals surface area contributed by atoms with Crippen molar-refractivity contribution in [2.45, 2.75) is 20.8 Å². The minimum atomic E-state index is -0.694. The maximum atomic E-state index is 12.3. The van der Waals surface area contributed by atoms with Crippen molar-refractivity contribution in [3.05, 3.63) is 41.1 Å². The van der Waals surface area contributed by atoms with Crippen LogP contribution in [-0.2, 0) is 9.53 Å². The Labute approximate surface area is 139 Å². The number of rotatable bonds is 4. The highest BCUT2D eigenvalue weighted by Crippen LogP contribution is 2.20. The second kappa shape index (κ2) is 7.54. The van der Waals surface area contributed by atoms with E-state index in [1.165, 1.54) is 0 Å². The van der Waals surface area contributed by atoms with Gasteiger partial charge in [-0.3, -0.25) is 15.1 Å². The zero-order chi connectivity index (χ0) is 17.7. The van der Waals surface area contributed by atoms with E-state index in [2.05, 4.69) is 15.6 Å². The average Bonchev–Trinajstić information content (AvgIpc) is 2.52. The van der Waals surface area contributed by atoms with Gasteiger partial charge in [-0.05, 0) is 39.0 Å². The van der Waals surface area contributed by atoms with Gasteiger partial charge in [0.2, 0.25) is 0 Å². The lowest BCUT2D eigenvalue weighted by Crippen LogP contribution is -2.41. The zero-order valence-corrected chi connectivity index (χ0v) is 13.8. The number of ether oxygens (including phenoxy) is 1. The van der Waals surface area contributed by atoms with Crippen molar-refractivity contribution >= 4 is 28.8 Å². The molecule has 0 bridgehead atoms. The lowest BCUT2D eigenvalue weighted by Gasteiger charge is -2.09. The predicted molar refractivity (Wildman–Crippen MR) is 88.7 cm³/mol. The van der Waals surface area contributed by atoms with Crippen molar-refractivity contribution in [2.75, 3.05) is 13.2 Å². The van der Waals surface area contributed by atoms with Crippen LogP contribution in [0.3, 0.4) is 0 Å². The Morgan fingerprint density at radius 2 is 1.92 bits per heavy atom. The zero-order valence-electron chi connectivity index (χ0n) is 13.8. The summed E-state index contributed by atoms with van der Waals surface area (Å²) in [7, 11) is 0. The molecule has 7 heteroatoms. The Kier molecular flexibility index (Phi) is 5.47. The normalized spacial score (nSPS) is 10.3. The van der Waals surface area contributed by atoms with E-state index in [1.807, 2.05) is 25.1 Å². The highest BCUT2D eigenvalue weighted by Gasteiger charge is 2.16. The van der Waals surface area contributed by atoms with Crippen LogP contribution in [-0.4, -0.2) is 36.0 Å². The average molecular weight is 329 g/mol. The molecule has 126 valence electrons. The number of aryl methyl sites for hydroxylation is 2. The van der Waals surface area contributed by atoms with E-state index in [0.717, 1.165) is 5.56 Å². The second-order valence-electron chi connectivity index (χ2n) is 5.32. The highest BCUT2D eigenvalue weighted by atomic mass is 16.5. The number of urea groups is 1. The molecule has 0 aliphatic heterocycles. The minimum Gasteiger partial charge on any atom is -0.452 e. The van der Waals surface area contributed by atoms with Crippen LogP contribution < -0.4 is 10.6 Å². The molecule has 24 heavy (non-hydrogen) atoms. The standard InChI is InChI=1S/C17H19N3O4/c1-4-18-17(23)20-15(21)9-24-16(22)13-8-11(3)19-14-6-5-10(2)7-12(13)14/h5-8H,4,9H2,1-3H3,(H2,18,20,21,23). The largest absolute Gasteiger partial charge is 0.452 e. The third-order valence-electron chi connectivity index (χ3n) is 3.24. The molecule has 1 aromatic heterocycles. The topological polar surface area (TPSA) is 97.4 Å². The van der Waals surface area contributed by atoms with Crippen molar-refractivity contribution in [1.29, 1.82) is 0 Å². The summed E-state index contributed by atoms with van der Waals surface area (Å²) in [6, 6.07) is 6.57. The number of pyridine rings is 1. The summed E-state index contributed by atoms with van der Waals surface area (Å²) >= 11 is 0. The quantitative estimate of drug-likeness (QED) is 0.834. The monoisotopic (exact) mass is 329 g/mol. The van der Waals surface area contributed by atoms with Gasteiger partial charge in [-0.2, -0.15) is 0 Å². The van der Waals surface area contributed by atoms with Crippen molar-refractivity contribution in [1.82, 2.24) is 15.6 Å². The maximum Gasteiger partial charge on any atom is 0.339 e. The molecule has 0 atom stereocenters. The van der Waals surface area contributed by atoms with Crippen molar-refractivity contribution in [2.24, 2.45) is 0 Å². The summed E-state index contributed by atoms with van der Waals surface area (Å²) < 4.78 is 5.01. The number of nitrogens with one attached hydrogen (secondary N) is 2. The predicted octanol–water partition coefficient (Wildman–Crippen LogP) is 1.85. The van der Waals surface area contributed by atoms with Gasteiger partial charge in [0.1, 0.15) is 0 Å². The van der Waals surface area contributed by atoms with Crippen LogP contribution in [0, 0.1) is 13.8 Å². The van der Waals surface area contributed by atoms with Crippen molar-refractivity contribution < 1.29 is 19.1 Å². The third kappa shape index (κ3) is 4.28. The molecule has 0 fully saturated rings. The van der Waals surface area contributed by atoms with Crippen molar-refractivity contribution in [3.8, 4) is 0 Å². The van der Waals surface area contributed by atoms with Gasteiger partial charge in [0.05, 0.1) is 11.1 Å². The van der Waals surface area contributed by atoms with Gasteiger partial charge >= 0.3 is 12.0 Å². The van der Waals surface area contributed by atoms with Gasteiger partial charge in [0, 0.05) is 17.6 Å².